The molecule has 0 bridgehead atoms. The standard InChI is InChI=1S/C16H27N3O2/c1-5-17-12(2)14-7-6-8-18-15(14)19-9-13(10-20)21-16(3,4)11-19/h6-8,12-13,17,20H,5,9-11H2,1-4H3. The number of ether oxygens (including phenoxy) is 1. The van der Waals surface area contributed by atoms with Gasteiger partial charge in [-0.05, 0) is 33.4 Å². The van der Waals surface area contributed by atoms with Gasteiger partial charge in [0.2, 0.25) is 0 Å². The van der Waals surface area contributed by atoms with Gasteiger partial charge in [-0.1, -0.05) is 13.0 Å². The van der Waals surface area contributed by atoms with E-state index in [2.05, 4.69) is 49.0 Å². The average molecular weight is 293 g/mol. The van der Waals surface area contributed by atoms with E-state index in [9.17, 15) is 5.11 Å². The summed E-state index contributed by atoms with van der Waals surface area (Å²) in [5.41, 5.74) is 0.899. The second-order valence-electron chi connectivity index (χ2n) is 6.26. The molecule has 21 heavy (non-hydrogen) atoms. The molecule has 2 rings (SSSR count). The quantitative estimate of drug-likeness (QED) is 0.866. The number of anilines is 1. The van der Waals surface area contributed by atoms with Crippen molar-refractivity contribution in [3.05, 3.63) is 23.9 Å². The van der Waals surface area contributed by atoms with Gasteiger partial charge in [0.1, 0.15) is 5.82 Å². The van der Waals surface area contributed by atoms with E-state index in [1.165, 1.54) is 5.56 Å². The minimum Gasteiger partial charge on any atom is -0.394 e. The molecule has 1 fully saturated rings. The summed E-state index contributed by atoms with van der Waals surface area (Å²) in [6.07, 6.45) is 1.66. The number of hydrogen-bond donors (Lipinski definition) is 2. The molecular formula is C16H27N3O2. The highest BCUT2D eigenvalue weighted by Crippen LogP contribution is 2.29. The van der Waals surface area contributed by atoms with Crippen molar-refractivity contribution in [1.29, 1.82) is 0 Å². The van der Waals surface area contributed by atoms with Crippen LogP contribution in [0.25, 0.3) is 0 Å². The predicted molar refractivity (Wildman–Crippen MR) is 84.6 cm³/mol. The molecule has 0 aromatic carbocycles. The van der Waals surface area contributed by atoms with E-state index in [0.717, 1.165) is 18.9 Å². The number of aliphatic hydroxyl groups excluding tert-OH is 1. The summed E-state index contributed by atoms with van der Waals surface area (Å²) in [5.74, 6) is 0.987. The number of morpholine rings is 1. The van der Waals surface area contributed by atoms with Gasteiger partial charge in [-0.3, -0.25) is 0 Å². The Morgan fingerprint density at radius 2 is 2.33 bits per heavy atom. The van der Waals surface area contributed by atoms with Crippen molar-refractivity contribution in [1.82, 2.24) is 10.3 Å². The molecular weight excluding hydrogens is 266 g/mol. The largest absolute Gasteiger partial charge is 0.394 e. The van der Waals surface area contributed by atoms with Crippen molar-refractivity contribution in [2.24, 2.45) is 0 Å². The van der Waals surface area contributed by atoms with E-state index in [-0.39, 0.29) is 24.4 Å². The summed E-state index contributed by atoms with van der Waals surface area (Å²) < 4.78 is 5.89. The van der Waals surface area contributed by atoms with Gasteiger partial charge in [-0.2, -0.15) is 0 Å². The van der Waals surface area contributed by atoms with Crippen LogP contribution in [0.1, 0.15) is 39.3 Å². The number of rotatable bonds is 5. The van der Waals surface area contributed by atoms with E-state index in [1.54, 1.807) is 0 Å². The lowest BCUT2D eigenvalue weighted by Gasteiger charge is -2.43. The molecule has 1 aromatic heterocycles. The molecule has 0 saturated carbocycles. The van der Waals surface area contributed by atoms with Crippen molar-refractivity contribution >= 4 is 5.82 Å². The molecule has 118 valence electrons. The molecule has 5 nitrogen and oxygen atoms in total. The first kappa shape index (κ1) is 16.2. The first-order chi connectivity index (χ1) is 9.96. The normalized spacial score (nSPS) is 23.1. The molecule has 0 spiro atoms. The van der Waals surface area contributed by atoms with Gasteiger partial charge in [0.25, 0.3) is 0 Å². The van der Waals surface area contributed by atoms with Gasteiger partial charge in [-0.25, -0.2) is 4.98 Å². The van der Waals surface area contributed by atoms with Crippen LogP contribution in [-0.2, 0) is 4.74 Å². The molecule has 2 unspecified atom stereocenters. The molecule has 2 atom stereocenters. The molecule has 5 heteroatoms. The third-order valence-corrected chi connectivity index (χ3v) is 3.78. The van der Waals surface area contributed by atoms with Crippen molar-refractivity contribution in [2.75, 3.05) is 31.1 Å². The lowest BCUT2D eigenvalue weighted by Crippen LogP contribution is -2.54. The second-order valence-corrected chi connectivity index (χ2v) is 6.26. The topological polar surface area (TPSA) is 57.6 Å². The maximum absolute atomic E-state index is 9.47. The Bertz CT molecular complexity index is 465. The lowest BCUT2D eigenvalue weighted by molar-refractivity contribution is -0.101. The van der Waals surface area contributed by atoms with Crippen molar-refractivity contribution in [3.63, 3.8) is 0 Å². The highest BCUT2D eigenvalue weighted by molar-refractivity contribution is 5.49. The van der Waals surface area contributed by atoms with Crippen molar-refractivity contribution in [2.45, 2.75) is 45.4 Å². The number of pyridine rings is 1. The van der Waals surface area contributed by atoms with Crippen LogP contribution < -0.4 is 10.2 Å². The first-order valence-corrected chi connectivity index (χ1v) is 7.68. The van der Waals surface area contributed by atoms with Gasteiger partial charge in [0.15, 0.2) is 0 Å². The van der Waals surface area contributed by atoms with Crippen molar-refractivity contribution < 1.29 is 9.84 Å². The van der Waals surface area contributed by atoms with E-state index in [0.29, 0.717) is 6.54 Å². The predicted octanol–water partition coefficient (Wildman–Crippen LogP) is 1.73. The zero-order valence-corrected chi connectivity index (χ0v) is 13.5. The Balaban J connectivity index is 2.28. The Kier molecular flexibility index (Phi) is 5.19. The summed E-state index contributed by atoms with van der Waals surface area (Å²) in [6, 6.07) is 4.34. The molecule has 1 aliphatic heterocycles. The average Bonchev–Trinajstić information content (AvgIpc) is 2.45. The fourth-order valence-corrected chi connectivity index (χ4v) is 2.98. The van der Waals surface area contributed by atoms with Crippen LogP contribution in [-0.4, -0.2) is 48.0 Å². The van der Waals surface area contributed by atoms with Crippen LogP contribution in [0.5, 0.6) is 0 Å². The van der Waals surface area contributed by atoms with Gasteiger partial charge >= 0.3 is 0 Å². The summed E-state index contributed by atoms with van der Waals surface area (Å²) in [5, 5.41) is 12.9. The summed E-state index contributed by atoms with van der Waals surface area (Å²) >= 11 is 0. The third kappa shape index (κ3) is 3.93. The zero-order chi connectivity index (χ0) is 15.5. The Morgan fingerprint density at radius 3 is 3.00 bits per heavy atom. The molecule has 0 amide bonds. The molecule has 0 radical (unpaired) electrons. The monoisotopic (exact) mass is 293 g/mol. The summed E-state index contributed by atoms with van der Waals surface area (Å²) in [4.78, 5) is 6.82. The number of nitrogens with zero attached hydrogens (tertiary/aromatic N) is 2. The zero-order valence-electron chi connectivity index (χ0n) is 13.5. The fraction of sp³-hybridized carbons (Fsp3) is 0.688. The van der Waals surface area contributed by atoms with Gasteiger partial charge in [-0.15, -0.1) is 0 Å². The van der Waals surface area contributed by atoms with Crippen LogP contribution in [0.4, 0.5) is 5.82 Å². The molecule has 2 N–H and O–H groups in total. The van der Waals surface area contributed by atoms with E-state index < -0.39 is 0 Å². The molecule has 2 heterocycles. The van der Waals surface area contributed by atoms with E-state index >= 15 is 0 Å². The SMILES string of the molecule is CCNC(C)c1cccnc1N1CC(CO)OC(C)(C)C1. The third-order valence-electron chi connectivity index (χ3n) is 3.78. The number of aliphatic hydroxyl groups is 1. The van der Waals surface area contributed by atoms with Crippen LogP contribution in [0.15, 0.2) is 18.3 Å². The Morgan fingerprint density at radius 1 is 1.57 bits per heavy atom. The Labute approximate surface area is 127 Å². The van der Waals surface area contributed by atoms with Crippen LogP contribution in [0.3, 0.4) is 0 Å². The van der Waals surface area contributed by atoms with Gasteiger partial charge in [0.05, 0.1) is 18.3 Å². The minimum atomic E-state index is -0.290. The minimum absolute atomic E-state index is 0.0326. The van der Waals surface area contributed by atoms with Gasteiger partial charge < -0.3 is 20.1 Å². The number of aromatic nitrogens is 1. The van der Waals surface area contributed by atoms with Crippen LogP contribution in [0.2, 0.25) is 0 Å². The lowest BCUT2D eigenvalue weighted by atomic mass is 10.0. The molecule has 1 aliphatic rings. The van der Waals surface area contributed by atoms with E-state index in [1.807, 2.05) is 12.3 Å². The first-order valence-electron chi connectivity index (χ1n) is 7.68. The van der Waals surface area contributed by atoms with E-state index in [4.69, 9.17) is 4.74 Å². The smallest absolute Gasteiger partial charge is 0.133 e. The fourth-order valence-electron chi connectivity index (χ4n) is 2.98. The highest BCUT2D eigenvalue weighted by atomic mass is 16.5. The van der Waals surface area contributed by atoms with Crippen molar-refractivity contribution in [3.8, 4) is 0 Å². The number of nitrogens with one attached hydrogen (secondary N) is 1. The van der Waals surface area contributed by atoms with Crippen LogP contribution >= 0.6 is 0 Å². The maximum atomic E-state index is 9.47. The molecule has 0 aliphatic carbocycles. The maximum Gasteiger partial charge on any atom is 0.133 e. The molecule has 1 aromatic rings. The van der Waals surface area contributed by atoms with Crippen LogP contribution in [0, 0.1) is 0 Å². The van der Waals surface area contributed by atoms with Gasteiger partial charge in [0, 0.05) is 30.9 Å². The summed E-state index contributed by atoms with van der Waals surface area (Å²) in [7, 11) is 0. The Hall–Kier alpha value is -1.17. The molecule has 1 saturated heterocycles. The summed E-state index contributed by atoms with van der Waals surface area (Å²) in [6.45, 7) is 10.8. The highest BCUT2D eigenvalue weighted by Gasteiger charge is 2.34. The number of hydrogen-bond acceptors (Lipinski definition) is 5. The second kappa shape index (κ2) is 6.73.